The van der Waals surface area contributed by atoms with Crippen LogP contribution in [0.2, 0.25) is 0 Å². The molecule has 1 rings (SSSR count). The highest BCUT2D eigenvalue weighted by molar-refractivity contribution is 5.91. The molecule has 0 saturated carbocycles. The summed E-state index contributed by atoms with van der Waals surface area (Å²) in [6, 6.07) is 9.10. The van der Waals surface area contributed by atoms with Crippen LogP contribution < -0.4 is 11.1 Å². The first-order chi connectivity index (χ1) is 6.68. The van der Waals surface area contributed by atoms with Crippen LogP contribution in [0.4, 0.5) is 0 Å². The van der Waals surface area contributed by atoms with E-state index in [2.05, 4.69) is 5.32 Å². The largest absolute Gasteiger partial charge is 0.368 e. The van der Waals surface area contributed by atoms with Gasteiger partial charge in [-0.05, 0) is 5.56 Å². The van der Waals surface area contributed by atoms with E-state index < -0.39 is 5.91 Å². The summed E-state index contributed by atoms with van der Waals surface area (Å²) < 4.78 is 0. The molecule has 0 fully saturated rings. The first-order valence-electron chi connectivity index (χ1n) is 4.14. The monoisotopic (exact) mass is 191 g/mol. The van der Waals surface area contributed by atoms with Crippen LogP contribution in [0.25, 0.3) is 0 Å². The van der Waals surface area contributed by atoms with Gasteiger partial charge in [0.2, 0.25) is 11.8 Å². The Hall–Kier alpha value is -1.84. The van der Waals surface area contributed by atoms with E-state index >= 15 is 0 Å². The van der Waals surface area contributed by atoms with Crippen molar-refractivity contribution < 1.29 is 9.59 Å². The highest BCUT2D eigenvalue weighted by Crippen LogP contribution is 2.00. The molecule has 0 saturated heterocycles. The molecule has 73 valence electrons. The van der Waals surface area contributed by atoms with Gasteiger partial charge in [0.05, 0.1) is 13.0 Å². The second-order valence-corrected chi connectivity index (χ2v) is 2.74. The van der Waals surface area contributed by atoms with Crippen molar-refractivity contribution in [3.05, 3.63) is 42.3 Å². The van der Waals surface area contributed by atoms with E-state index in [0.717, 1.165) is 5.56 Å². The maximum atomic E-state index is 11.1. The molecule has 0 atom stereocenters. The number of nitrogens with two attached hydrogens (primary N) is 1. The Balaban J connectivity index is 2.38. The van der Waals surface area contributed by atoms with Crippen molar-refractivity contribution in [1.29, 1.82) is 0 Å². The number of rotatable bonds is 4. The van der Waals surface area contributed by atoms with Crippen molar-refractivity contribution >= 4 is 11.8 Å². The lowest BCUT2D eigenvalue weighted by atomic mass is 10.1. The van der Waals surface area contributed by atoms with Crippen LogP contribution in [0.1, 0.15) is 5.56 Å². The number of benzene rings is 1. The van der Waals surface area contributed by atoms with Gasteiger partial charge in [-0.1, -0.05) is 30.3 Å². The molecule has 0 aromatic heterocycles. The van der Waals surface area contributed by atoms with Gasteiger partial charge < -0.3 is 11.1 Å². The molecule has 4 heteroatoms. The predicted molar refractivity (Wildman–Crippen MR) is 52.0 cm³/mol. The Morgan fingerprint density at radius 1 is 1.29 bits per heavy atom. The van der Waals surface area contributed by atoms with Crippen molar-refractivity contribution in [2.45, 2.75) is 0 Å². The van der Waals surface area contributed by atoms with Gasteiger partial charge in [0.25, 0.3) is 0 Å². The maximum Gasteiger partial charge on any atom is 0.236 e. The van der Waals surface area contributed by atoms with Crippen molar-refractivity contribution in [2.24, 2.45) is 5.73 Å². The first kappa shape index (κ1) is 10.2. The Morgan fingerprint density at radius 2 is 1.93 bits per heavy atom. The third-order valence-electron chi connectivity index (χ3n) is 1.53. The van der Waals surface area contributed by atoms with E-state index in [0.29, 0.717) is 0 Å². The van der Waals surface area contributed by atoms with Crippen LogP contribution in [0, 0.1) is 6.42 Å². The van der Waals surface area contributed by atoms with Crippen molar-refractivity contribution in [3.63, 3.8) is 0 Å². The summed E-state index contributed by atoms with van der Waals surface area (Å²) in [6.45, 7) is -0.137. The maximum absolute atomic E-state index is 11.1. The van der Waals surface area contributed by atoms with E-state index in [1.54, 1.807) is 12.1 Å². The zero-order chi connectivity index (χ0) is 10.4. The van der Waals surface area contributed by atoms with Gasteiger partial charge in [-0.15, -0.1) is 0 Å². The normalized spacial score (nSPS) is 9.43. The van der Waals surface area contributed by atoms with Gasteiger partial charge in [-0.3, -0.25) is 9.59 Å². The van der Waals surface area contributed by atoms with E-state index in [1.165, 1.54) is 6.42 Å². The van der Waals surface area contributed by atoms with E-state index in [9.17, 15) is 9.59 Å². The zero-order valence-electron chi connectivity index (χ0n) is 7.57. The SMILES string of the molecule is NC(=O)CNC(=O)[CH]c1ccccc1. The number of hydrogen-bond acceptors (Lipinski definition) is 2. The minimum Gasteiger partial charge on any atom is -0.368 e. The first-order valence-corrected chi connectivity index (χ1v) is 4.14. The fraction of sp³-hybridized carbons (Fsp3) is 0.100. The van der Waals surface area contributed by atoms with Gasteiger partial charge >= 0.3 is 0 Å². The van der Waals surface area contributed by atoms with Gasteiger partial charge in [-0.2, -0.15) is 0 Å². The molecule has 0 bridgehead atoms. The van der Waals surface area contributed by atoms with Crippen LogP contribution in [-0.2, 0) is 9.59 Å². The average molecular weight is 191 g/mol. The van der Waals surface area contributed by atoms with Crippen molar-refractivity contribution in [2.75, 3.05) is 6.54 Å². The average Bonchev–Trinajstić information content (AvgIpc) is 2.16. The van der Waals surface area contributed by atoms with Crippen molar-refractivity contribution in [1.82, 2.24) is 5.32 Å². The molecular weight excluding hydrogens is 180 g/mol. The second-order valence-electron chi connectivity index (χ2n) is 2.74. The Kier molecular flexibility index (Phi) is 3.67. The van der Waals surface area contributed by atoms with Crippen LogP contribution in [-0.4, -0.2) is 18.4 Å². The Morgan fingerprint density at radius 3 is 2.50 bits per heavy atom. The predicted octanol–water partition coefficient (Wildman–Crippen LogP) is -0.160. The zero-order valence-corrected chi connectivity index (χ0v) is 7.57. The van der Waals surface area contributed by atoms with Gasteiger partial charge in [0.15, 0.2) is 0 Å². The smallest absolute Gasteiger partial charge is 0.236 e. The summed E-state index contributed by atoms with van der Waals surface area (Å²) >= 11 is 0. The van der Waals surface area contributed by atoms with Crippen LogP contribution >= 0.6 is 0 Å². The number of primary amides is 1. The lowest BCUT2D eigenvalue weighted by molar-refractivity contribution is -0.122. The third kappa shape index (κ3) is 3.71. The molecule has 0 aliphatic carbocycles. The molecule has 4 nitrogen and oxygen atoms in total. The number of hydrogen-bond donors (Lipinski definition) is 2. The lowest BCUT2D eigenvalue weighted by Crippen LogP contribution is -2.33. The third-order valence-corrected chi connectivity index (χ3v) is 1.53. The number of carbonyl (C=O) groups excluding carboxylic acids is 2. The minimum absolute atomic E-state index is 0.137. The quantitative estimate of drug-likeness (QED) is 0.694. The Bertz CT molecular complexity index is 322. The van der Waals surface area contributed by atoms with Gasteiger partial charge in [0, 0.05) is 0 Å². The highest BCUT2D eigenvalue weighted by atomic mass is 16.2. The summed E-state index contributed by atoms with van der Waals surface area (Å²) in [7, 11) is 0. The van der Waals surface area contributed by atoms with Gasteiger partial charge in [-0.25, -0.2) is 0 Å². The van der Waals surface area contributed by atoms with E-state index in [1.807, 2.05) is 18.2 Å². The molecule has 1 aromatic rings. The molecule has 0 spiro atoms. The standard InChI is InChI=1S/C10H11N2O2/c11-9(13)7-12-10(14)6-8-4-2-1-3-5-8/h1-6H,7H2,(H2,11,13)(H,12,14). The van der Waals surface area contributed by atoms with Crippen LogP contribution in [0.15, 0.2) is 30.3 Å². The topological polar surface area (TPSA) is 72.2 Å². The van der Waals surface area contributed by atoms with E-state index in [4.69, 9.17) is 5.73 Å². The molecule has 0 aliphatic rings. The molecule has 1 aromatic carbocycles. The fourth-order valence-electron chi connectivity index (χ4n) is 0.926. The number of nitrogens with one attached hydrogen (secondary N) is 1. The second kappa shape index (κ2) is 5.01. The number of amides is 2. The summed E-state index contributed by atoms with van der Waals surface area (Å²) in [5.41, 5.74) is 5.65. The molecule has 1 radical (unpaired) electrons. The lowest BCUT2D eigenvalue weighted by Gasteiger charge is -2.01. The molecular formula is C10H11N2O2. The molecule has 0 aliphatic heterocycles. The fourth-order valence-corrected chi connectivity index (χ4v) is 0.926. The highest BCUT2D eigenvalue weighted by Gasteiger charge is 2.03. The minimum atomic E-state index is -0.556. The molecule has 0 unspecified atom stereocenters. The molecule has 0 heterocycles. The Labute approximate surface area is 82.1 Å². The summed E-state index contributed by atoms with van der Waals surface area (Å²) in [4.78, 5) is 21.5. The number of carbonyl (C=O) groups is 2. The summed E-state index contributed by atoms with van der Waals surface area (Å²) in [6.07, 6.45) is 1.41. The molecule has 3 N–H and O–H groups in total. The van der Waals surface area contributed by atoms with Crippen molar-refractivity contribution in [3.8, 4) is 0 Å². The van der Waals surface area contributed by atoms with E-state index in [-0.39, 0.29) is 12.5 Å². The summed E-state index contributed by atoms with van der Waals surface area (Å²) in [5, 5.41) is 2.36. The summed E-state index contributed by atoms with van der Waals surface area (Å²) in [5.74, 6) is -0.880. The van der Waals surface area contributed by atoms with Crippen LogP contribution in [0.5, 0.6) is 0 Å². The molecule has 2 amide bonds. The van der Waals surface area contributed by atoms with Crippen LogP contribution in [0.3, 0.4) is 0 Å². The molecule has 14 heavy (non-hydrogen) atoms. The van der Waals surface area contributed by atoms with Gasteiger partial charge in [0.1, 0.15) is 0 Å².